The molecule has 0 unspecified atom stereocenters. The number of carbonyl (C=O) groups is 1. The molecular formula is C7H10N4O2. The van der Waals surface area contributed by atoms with Crippen LogP contribution in [0.25, 0.3) is 0 Å². The van der Waals surface area contributed by atoms with E-state index in [9.17, 15) is 4.79 Å². The quantitative estimate of drug-likeness (QED) is 0.670. The van der Waals surface area contributed by atoms with Gasteiger partial charge in [-0.05, 0) is 12.8 Å². The first-order valence-corrected chi connectivity index (χ1v) is 4.14. The summed E-state index contributed by atoms with van der Waals surface area (Å²) in [6.45, 7) is 0.664. The highest BCUT2D eigenvalue weighted by Gasteiger charge is 2.23. The summed E-state index contributed by atoms with van der Waals surface area (Å²) in [5.74, 6) is 0.284. The summed E-state index contributed by atoms with van der Waals surface area (Å²) >= 11 is 0. The molecule has 1 amide bonds. The smallest absolute Gasteiger partial charge is 0.254 e. The molecule has 0 bridgehead atoms. The van der Waals surface area contributed by atoms with Crippen molar-refractivity contribution in [2.24, 2.45) is 0 Å². The number of nitrogens with zero attached hydrogens (tertiary/aromatic N) is 2. The van der Waals surface area contributed by atoms with Gasteiger partial charge in [-0.25, -0.2) is 0 Å². The molecule has 1 aromatic rings. The standard InChI is InChI=1S/C7H10N4O2/c12-7(5-2-1-3-13-5)9-6-4-8-11-10-6/h4-5H,1-3H2,(H2,8,9,10,11,12)/t5-/m1/s1. The average Bonchev–Trinajstić information content (AvgIpc) is 2.74. The third-order valence-electron chi connectivity index (χ3n) is 1.89. The maximum absolute atomic E-state index is 11.4. The van der Waals surface area contributed by atoms with E-state index in [1.807, 2.05) is 0 Å². The summed E-state index contributed by atoms with van der Waals surface area (Å²) in [6, 6.07) is 0. The molecule has 70 valence electrons. The molecule has 1 saturated heterocycles. The van der Waals surface area contributed by atoms with Crippen LogP contribution in [0.4, 0.5) is 5.82 Å². The molecule has 6 heteroatoms. The first-order chi connectivity index (χ1) is 6.36. The van der Waals surface area contributed by atoms with Crippen molar-refractivity contribution in [1.82, 2.24) is 15.4 Å². The molecule has 6 nitrogen and oxygen atoms in total. The molecule has 0 spiro atoms. The number of H-pyrrole nitrogens is 1. The van der Waals surface area contributed by atoms with Crippen molar-refractivity contribution in [2.75, 3.05) is 11.9 Å². The second-order valence-corrected chi connectivity index (χ2v) is 2.85. The van der Waals surface area contributed by atoms with Crippen LogP contribution in [-0.4, -0.2) is 34.0 Å². The van der Waals surface area contributed by atoms with E-state index in [0.29, 0.717) is 12.4 Å². The topological polar surface area (TPSA) is 79.9 Å². The van der Waals surface area contributed by atoms with Crippen molar-refractivity contribution < 1.29 is 9.53 Å². The van der Waals surface area contributed by atoms with Gasteiger partial charge in [-0.2, -0.15) is 10.3 Å². The zero-order chi connectivity index (χ0) is 9.10. The Balaban J connectivity index is 1.91. The van der Waals surface area contributed by atoms with Crippen LogP contribution in [0.2, 0.25) is 0 Å². The average molecular weight is 182 g/mol. The van der Waals surface area contributed by atoms with Crippen LogP contribution in [0.15, 0.2) is 6.20 Å². The van der Waals surface area contributed by atoms with E-state index in [0.717, 1.165) is 12.8 Å². The van der Waals surface area contributed by atoms with E-state index in [4.69, 9.17) is 4.74 Å². The van der Waals surface area contributed by atoms with Gasteiger partial charge in [0.05, 0.1) is 6.20 Å². The lowest BCUT2D eigenvalue weighted by Gasteiger charge is -2.07. The van der Waals surface area contributed by atoms with Gasteiger partial charge >= 0.3 is 0 Å². The molecule has 0 aromatic carbocycles. The summed E-state index contributed by atoms with van der Waals surface area (Å²) in [7, 11) is 0. The Morgan fingerprint density at radius 2 is 2.69 bits per heavy atom. The van der Waals surface area contributed by atoms with Gasteiger partial charge in [-0.3, -0.25) is 4.79 Å². The van der Waals surface area contributed by atoms with Gasteiger partial charge in [0.2, 0.25) is 0 Å². The van der Waals surface area contributed by atoms with E-state index >= 15 is 0 Å². The first-order valence-electron chi connectivity index (χ1n) is 4.14. The number of hydrogen-bond donors (Lipinski definition) is 2. The summed E-state index contributed by atoms with van der Waals surface area (Å²) in [5, 5.41) is 12.3. The van der Waals surface area contributed by atoms with Crippen LogP contribution < -0.4 is 5.32 Å². The summed E-state index contributed by atoms with van der Waals surface area (Å²) in [4.78, 5) is 11.4. The SMILES string of the molecule is O=C(Nc1cn[nH]n1)[C@H]1CCCO1. The molecule has 1 aliphatic rings. The van der Waals surface area contributed by atoms with Gasteiger partial charge in [0, 0.05) is 6.61 Å². The molecule has 2 N–H and O–H groups in total. The lowest BCUT2D eigenvalue weighted by Crippen LogP contribution is -2.26. The Labute approximate surface area is 74.7 Å². The zero-order valence-corrected chi connectivity index (χ0v) is 6.99. The molecule has 13 heavy (non-hydrogen) atoms. The lowest BCUT2D eigenvalue weighted by molar-refractivity contribution is -0.124. The number of ether oxygens (including phenoxy) is 1. The fourth-order valence-electron chi connectivity index (χ4n) is 1.25. The highest BCUT2D eigenvalue weighted by atomic mass is 16.5. The molecule has 1 atom stereocenters. The molecule has 0 radical (unpaired) electrons. The Morgan fingerprint density at radius 3 is 3.31 bits per heavy atom. The number of rotatable bonds is 2. The van der Waals surface area contributed by atoms with Crippen LogP contribution in [0.3, 0.4) is 0 Å². The number of nitrogens with one attached hydrogen (secondary N) is 2. The third kappa shape index (κ3) is 1.83. The van der Waals surface area contributed by atoms with Crippen molar-refractivity contribution in [1.29, 1.82) is 0 Å². The van der Waals surface area contributed by atoms with Crippen molar-refractivity contribution in [2.45, 2.75) is 18.9 Å². The van der Waals surface area contributed by atoms with E-state index in [-0.39, 0.29) is 12.0 Å². The summed E-state index contributed by atoms with van der Waals surface area (Å²) in [6.07, 6.45) is 2.85. The Kier molecular flexibility index (Phi) is 2.22. The van der Waals surface area contributed by atoms with Crippen molar-refractivity contribution in [3.05, 3.63) is 6.20 Å². The number of carbonyl (C=O) groups excluding carboxylic acids is 1. The number of aromatic nitrogens is 3. The van der Waals surface area contributed by atoms with Crippen LogP contribution in [0.1, 0.15) is 12.8 Å². The Morgan fingerprint density at radius 1 is 1.77 bits per heavy atom. The van der Waals surface area contributed by atoms with E-state index in [2.05, 4.69) is 20.7 Å². The van der Waals surface area contributed by atoms with E-state index in [1.165, 1.54) is 6.20 Å². The van der Waals surface area contributed by atoms with E-state index in [1.54, 1.807) is 0 Å². The van der Waals surface area contributed by atoms with Crippen molar-refractivity contribution in [3.63, 3.8) is 0 Å². The van der Waals surface area contributed by atoms with Gasteiger partial charge in [0.1, 0.15) is 6.10 Å². The highest BCUT2D eigenvalue weighted by molar-refractivity contribution is 5.93. The number of aromatic amines is 1. The maximum atomic E-state index is 11.4. The zero-order valence-electron chi connectivity index (χ0n) is 6.99. The van der Waals surface area contributed by atoms with Gasteiger partial charge in [0.25, 0.3) is 5.91 Å². The maximum Gasteiger partial charge on any atom is 0.254 e. The molecule has 1 aromatic heterocycles. The number of hydrogen-bond acceptors (Lipinski definition) is 4. The van der Waals surface area contributed by atoms with Crippen LogP contribution >= 0.6 is 0 Å². The molecular weight excluding hydrogens is 172 g/mol. The lowest BCUT2D eigenvalue weighted by atomic mass is 10.2. The summed E-state index contributed by atoms with van der Waals surface area (Å²) < 4.78 is 5.19. The Hall–Kier alpha value is -1.43. The predicted molar refractivity (Wildman–Crippen MR) is 44.0 cm³/mol. The second-order valence-electron chi connectivity index (χ2n) is 2.85. The van der Waals surface area contributed by atoms with Crippen LogP contribution in [0, 0.1) is 0 Å². The molecule has 1 aliphatic heterocycles. The van der Waals surface area contributed by atoms with Gasteiger partial charge < -0.3 is 10.1 Å². The fraction of sp³-hybridized carbons (Fsp3) is 0.571. The largest absolute Gasteiger partial charge is 0.368 e. The summed E-state index contributed by atoms with van der Waals surface area (Å²) in [5.41, 5.74) is 0. The fourth-order valence-corrected chi connectivity index (χ4v) is 1.25. The molecule has 2 heterocycles. The monoisotopic (exact) mass is 182 g/mol. The normalized spacial score (nSPS) is 21.7. The Bertz CT molecular complexity index is 279. The first kappa shape index (κ1) is 8.18. The van der Waals surface area contributed by atoms with Crippen molar-refractivity contribution >= 4 is 11.7 Å². The van der Waals surface area contributed by atoms with Gasteiger partial charge in [-0.1, -0.05) is 0 Å². The molecule has 2 rings (SSSR count). The van der Waals surface area contributed by atoms with E-state index < -0.39 is 0 Å². The molecule has 0 saturated carbocycles. The third-order valence-corrected chi connectivity index (χ3v) is 1.89. The predicted octanol–water partition coefficient (Wildman–Crippen LogP) is -0.0778. The number of anilines is 1. The molecule has 0 aliphatic carbocycles. The van der Waals surface area contributed by atoms with Crippen LogP contribution in [0.5, 0.6) is 0 Å². The minimum Gasteiger partial charge on any atom is -0.368 e. The van der Waals surface area contributed by atoms with Crippen molar-refractivity contribution in [3.8, 4) is 0 Å². The van der Waals surface area contributed by atoms with Gasteiger partial charge in [-0.15, -0.1) is 5.10 Å². The minimum atomic E-state index is -0.323. The second kappa shape index (κ2) is 3.53. The van der Waals surface area contributed by atoms with Crippen LogP contribution in [-0.2, 0) is 9.53 Å². The minimum absolute atomic E-state index is 0.147. The number of amides is 1. The van der Waals surface area contributed by atoms with Gasteiger partial charge in [0.15, 0.2) is 5.82 Å². The molecule has 1 fully saturated rings. The highest BCUT2D eigenvalue weighted by Crippen LogP contribution is 2.13.